The fourth-order valence-electron chi connectivity index (χ4n) is 10.7. The van der Waals surface area contributed by atoms with E-state index in [-0.39, 0.29) is 0 Å². The number of aromatic nitrogens is 2. The first-order valence-electron chi connectivity index (χ1n) is 26.6. The maximum atomic E-state index is 2.48. The lowest BCUT2D eigenvalue weighted by Gasteiger charge is -2.26. The Kier molecular flexibility index (Phi) is 13.9. The number of hydrogen-bond donors (Lipinski definition) is 0. The van der Waals surface area contributed by atoms with Crippen LogP contribution in [0.15, 0.2) is 315 Å². The van der Waals surface area contributed by atoms with Gasteiger partial charge >= 0.3 is 0 Å². The number of benzene rings is 12. The molecule has 0 N–H and O–H groups in total. The molecule has 2 aromatic heterocycles. The maximum absolute atomic E-state index is 2.48. The Morgan fingerprint density at radius 1 is 0.273 bits per heavy atom. The van der Waals surface area contributed by atoms with Crippen LogP contribution in [0.2, 0.25) is 0 Å². The third kappa shape index (κ3) is 9.94. The lowest BCUT2D eigenvalue weighted by molar-refractivity contribution is 1.14. The van der Waals surface area contributed by atoms with Crippen molar-refractivity contribution in [2.75, 3.05) is 4.90 Å². The van der Waals surface area contributed by atoms with Gasteiger partial charge in [-0.1, -0.05) is 244 Å². The number of para-hydroxylation sites is 3. The van der Waals surface area contributed by atoms with Crippen molar-refractivity contribution in [2.24, 2.45) is 0 Å². The van der Waals surface area contributed by atoms with Crippen molar-refractivity contribution < 1.29 is 0 Å². The molecule has 0 aliphatic rings. The lowest BCUT2D eigenvalue weighted by atomic mass is 10.0. The van der Waals surface area contributed by atoms with Gasteiger partial charge in [-0.3, -0.25) is 0 Å². The van der Waals surface area contributed by atoms with Crippen molar-refractivity contribution in [2.45, 2.75) is 13.3 Å². The first-order valence-corrected chi connectivity index (χ1v) is 26.6. The number of fused-ring (bicyclic) bond motifs is 7. The first-order chi connectivity index (χ1) is 38.2. The van der Waals surface area contributed by atoms with Gasteiger partial charge in [0.05, 0.1) is 22.1 Å². The summed E-state index contributed by atoms with van der Waals surface area (Å²) >= 11 is 0. The lowest BCUT2D eigenvalue weighted by Crippen LogP contribution is -2.09. The quantitative estimate of drug-likeness (QED) is 0.140. The van der Waals surface area contributed by atoms with Crippen molar-refractivity contribution in [1.29, 1.82) is 0 Å². The standard InChI is InChI=1S/C60H41N3.C8H10.C6H6/c1-4-15-42(16-5-1)44-27-33-49(34-28-44)61(50-35-29-45(30-36-50)43-17-6-2-7-18-43)51-37-31-46(32-38-51)47-19-14-22-52(41-47)63-56-25-12-10-23-53(56)54-39-40-58-59(60(54)63)55-24-11-13-26-57(55)62(58)48-20-8-3-9-21-48;1-2-8-6-4-3-5-7-8;1-2-4-6-5-3-1/h1-41H;3-7H,2H2,1H3;1-6H. The van der Waals surface area contributed by atoms with E-state index in [9.17, 15) is 0 Å². The molecule has 77 heavy (non-hydrogen) atoms. The topological polar surface area (TPSA) is 13.1 Å². The second kappa shape index (κ2) is 22.3. The second-order valence-corrected chi connectivity index (χ2v) is 19.1. The van der Waals surface area contributed by atoms with Crippen LogP contribution in [0.3, 0.4) is 0 Å². The van der Waals surface area contributed by atoms with Gasteiger partial charge in [-0.25, -0.2) is 0 Å². The molecule has 0 saturated heterocycles. The number of rotatable bonds is 9. The number of hydrogen-bond acceptors (Lipinski definition) is 1. The van der Waals surface area contributed by atoms with Crippen LogP contribution in [-0.4, -0.2) is 9.13 Å². The van der Waals surface area contributed by atoms with Crippen molar-refractivity contribution >= 4 is 60.7 Å². The molecule has 14 rings (SSSR count). The van der Waals surface area contributed by atoms with Gasteiger partial charge in [0.2, 0.25) is 0 Å². The zero-order valence-electron chi connectivity index (χ0n) is 43.1. The summed E-state index contributed by atoms with van der Waals surface area (Å²) in [6.07, 6.45) is 1.14. The largest absolute Gasteiger partial charge is 0.311 e. The van der Waals surface area contributed by atoms with E-state index in [2.05, 4.69) is 294 Å². The van der Waals surface area contributed by atoms with Gasteiger partial charge in [-0.15, -0.1) is 0 Å². The summed E-state index contributed by atoms with van der Waals surface area (Å²) in [6, 6.07) is 112. The number of aryl methyl sites for hydroxylation is 1. The van der Waals surface area contributed by atoms with Crippen LogP contribution in [-0.2, 0) is 6.42 Å². The molecule has 0 aliphatic heterocycles. The summed E-state index contributed by atoms with van der Waals surface area (Å²) in [4.78, 5) is 2.35. The fraction of sp³-hybridized carbons (Fsp3) is 0.0270. The molecule has 0 atom stereocenters. The zero-order chi connectivity index (χ0) is 51.8. The van der Waals surface area contributed by atoms with Gasteiger partial charge in [0.1, 0.15) is 0 Å². The molecule has 2 heterocycles. The van der Waals surface area contributed by atoms with E-state index >= 15 is 0 Å². The highest BCUT2D eigenvalue weighted by Crippen LogP contribution is 2.43. The summed E-state index contributed by atoms with van der Waals surface area (Å²) in [7, 11) is 0. The summed E-state index contributed by atoms with van der Waals surface area (Å²) < 4.78 is 4.88. The predicted octanol–water partition coefficient (Wildman–Crippen LogP) is 20.3. The minimum Gasteiger partial charge on any atom is -0.311 e. The van der Waals surface area contributed by atoms with Crippen molar-refractivity contribution in [3.63, 3.8) is 0 Å². The van der Waals surface area contributed by atoms with E-state index in [0.29, 0.717) is 0 Å². The van der Waals surface area contributed by atoms with E-state index < -0.39 is 0 Å². The van der Waals surface area contributed by atoms with Crippen LogP contribution < -0.4 is 4.90 Å². The molecule has 3 heteroatoms. The minimum absolute atomic E-state index is 1.09. The summed E-state index contributed by atoms with van der Waals surface area (Å²) in [5.41, 5.74) is 18.9. The predicted molar refractivity (Wildman–Crippen MR) is 328 cm³/mol. The molecule has 3 nitrogen and oxygen atoms in total. The average molecular weight is 988 g/mol. The molecule has 12 aromatic carbocycles. The van der Waals surface area contributed by atoms with Crippen LogP contribution in [0.25, 0.3) is 88.4 Å². The molecule has 0 saturated carbocycles. The van der Waals surface area contributed by atoms with E-state index in [1.54, 1.807) is 0 Å². The van der Waals surface area contributed by atoms with E-state index in [4.69, 9.17) is 0 Å². The van der Waals surface area contributed by atoms with Crippen LogP contribution >= 0.6 is 0 Å². The van der Waals surface area contributed by atoms with Crippen molar-refractivity contribution in [3.05, 3.63) is 321 Å². The van der Waals surface area contributed by atoms with Gasteiger partial charge in [-0.2, -0.15) is 0 Å². The summed E-state index contributed by atoms with van der Waals surface area (Å²) in [5, 5.41) is 4.99. The van der Waals surface area contributed by atoms with Gasteiger partial charge in [0.15, 0.2) is 0 Å². The third-order valence-electron chi connectivity index (χ3n) is 14.4. The Balaban J connectivity index is 0.000000371. The highest BCUT2D eigenvalue weighted by Gasteiger charge is 2.21. The Labute approximate surface area is 451 Å². The number of anilines is 3. The van der Waals surface area contributed by atoms with E-state index in [0.717, 1.165) is 46.0 Å². The maximum Gasteiger partial charge on any atom is 0.0641 e. The molecule has 0 bridgehead atoms. The Bertz CT molecular complexity index is 4080. The molecule has 0 radical (unpaired) electrons. The summed E-state index contributed by atoms with van der Waals surface area (Å²) in [5.74, 6) is 0. The van der Waals surface area contributed by atoms with E-state index in [1.165, 1.54) is 71.4 Å². The molecular formula is C74H57N3. The van der Waals surface area contributed by atoms with E-state index in [1.807, 2.05) is 42.5 Å². The van der Waals surface area contributed by atoms with Crippen LogP contribution in [0, 0.1) is 0 Å². The second-order valence-electron chi connectivity index (χ2n) is 19.1. The molecule has 0 unspecified atom stereocenters. The Morgan fingerprint density at radius 2 is 0.662 bits per heavy atom. The third-order valence-corrected chi connectivity index (χ3v) is 14.4. The molecular weight excluding hydrogens is 931 g/mol. The van der Waals surface area contributed by atoms with Crippen LogP contribution in [0.1, 0.15) is 12.5 Å². The molecule has 14 aromatic rings. The number of nitrogens with zero attached hydrogens (tertiary/aromatic N) is 3. The SMILES string of the molecule is CCc1ccccc1.c1ccc(-c2ccc(N(c3ccc(-c4ccccc4)cc3)c3ccc(-c4cccc(-n5c6ccccc6c6ccc7c(c8ccccc8n7-c7ccccc7)c65)c4)cc3)cc2)cc1.c1ccccc1. The van der Waals surface area contributed by atoms with Crippen molar-refractivity contribution in [3.8, 4) is 44.8 Å². The highest BCUT2D eigenvalue weighted by atomic mass is 15.1. The highest BCUT2D eigenvalue weighted by molar-refractivity contribution is 6.26. The molecule has 0 spiro atoms. The molecule has 0 amide bonds. The molecule has 0 aliphatic carbocycles. The Hall–Kier alpha value is -9.96. The van der Waals surface area contributed by atoms with Crippen molar-refractivity contribution in [1.82, 2.24) is 9.13 Å². The summed E-state index contributed by atoms with van der Waals surface area (Å²) in [6.45, 7) is 2.16. The van der Waals surface area contributed by atoms with Gasteiger partial charge < -0.3 is 14.0 Å². The average Bonchev–Trinajstić information content (AvgIpc) is 4.11. The van der Waals surface area contributed by atoms with Gasteiger partial charge in [0, 0.05) is 50.0 Å². The fourth-order valence-corrected chi connectivity index (χ4v) is 10.7. The first kappa shape index (κ1) is 48.0. The normalized spacial score (nSPS) is 11.0. The molecule has 0 fully saturated rings. The van der Waals surface area contributed by atoms with Crippen LogP contribution in [0.4, 0.5) is 17.1 Å². The zero-order valence-corrected chi connectivity index (χ0v) is 43.1. The molecule has 368 valence electrons. The minimum atomic E-state index is 1.09. The van der Waals surface area contributed by atoms with Gasteiger partial charge in [0.25, 0.3) is 0 Å². The monoisotopic (exact) mass is 987 g/mol. The van der Waals surface area contributed by atoms with Gasteiger partial charge in [-0.05, 0) is 124 Å². The smallest absolute Gasteiger partial charge is 0.0641 e. The van der Waals surface area contributed by atoms with Crippen LogP contribution in [0.5, 0.6) is 0 Å². The Morgan fingerprint density at radius 3 is 1.17 bits per heavy atom.